The first-order valence-corrected chi connectivity index (χ1v) is 8.87. The summed E-state index contributed by atoms with van der Waals surface area (Å²) in [7, 11) is 0. The van der Waals surface area contributed by atoms with Gasteiger partial charge in [0.15, 0.2) is 5.75 Å². The van der Waals surface area contributed by atoms with E-state index in [4.69, 9.17) is 0 Å². The Bertz CT molecular complexity index is 461. The number of phenolic OH excluding ortho intramolecular Hbond substituents is 1. The number of benzene rings is 1. The fraction of sp³-hybridized carbons (Fsp3) is 0.538. The molecule has 2 rings (SSSR count). The summed E-state index contributed by atoms with van der Waals surface area (Å²) < 4.78 is 0. The van der Waals surface area contributed by atoms with Crippen molar-refractivity contribution in [2.45, 2.75) is 19.3 Å². The number of hydrogen-bond acceptors (Lipinski definition) is 6. The topological polar surface area (TPSA) is 66.6 Å². The molecule has 1 fully saturated rings. The molecule has 0 amide bonds. The molecule has 1 saturated heterocycles. The van der Waals surface area contributed by atoms with Crippen LogP contribution in [0.1, 0.15) is 19.3 Å². The number of anilines is 1. The second kappa shape index (κ2) is 7.64. The lowest BCUT2D eigenvalue weighted by molar-refractivity contribution is -0.385. The van der Waals surface area contributed by atoms with Gasteiger partial charge in [-0.15, -0.1) is 23.5 Å². The zero-order chi connectivity index (χ0) is 14.4. The quantitative estimate of drug-likeness (QED) is 0.663. The van der Waals surface area contributed by atoms with E-state index in [2.05, 4.69) is 4.90 Å². The van der Waals surface area contributed by atoms with E-state index in [9.17, 15) is 15.2 Å². The molecule has 0 bridgehead atoms. The zero-order valence-electron chi connectivity index (χ0n) is 11.2. The van der Waals surface area contributed by atoms with Crippen LogP contribution in [0.2, 0.25) is 0 Å². The van der Waals surface area contributed by atoms with Gasteiger partial charge in [0.1, 0.15) is 0 Å². The molecule has 0 saturated carbocycles. The van der Waals surface area contributed by atoms with Crippen molar-refractivity contribution < 1.29 is 10.0 Å². The van der Waals surface area contributed by atoms with Crippen LogP contribution in [0.15, 0.2) is 18.2 Å². The lowest BCUT2D eigenvalue weighted by Crippen LogP contribution is -2.23. The van der Waals surface area contributed by atoms with Crippen molar-refractivity contribution in [3.8, 4) is 5.75 Å². The van der Waals surface area contributed by atoms with Crippen molar-refractivity contribution in [1.82, 2.24) is 0 Å². The van der Waals surface area contributed by atoms with Crippen LogP contribution in [0, 0.1) is 10.1 Å². The summed E-state index contributed by atoms with van der Waals surface area (Å²) in [4.78, 5) is 12.5. The average molecular weight is 314 g/mol. The van der Waals surface area contributed by atoms with Crippen molar-refractivity contribution >= 4 is 34.9 Å². The minimum Gasteiger partial charge on any atom is -0.502 e. The van der Waals surface area contributed by atoms with E-state index < -0.39 is 4.92 Å². The van der Waals surface area contributed by atoms with Gasteiger partial charge in [0, 0.05) is 11.8 Å². The summed E-state index contributed by atoms with van der Waals surface area (Å²) in [6.45, 7) is 0. The lowest BCUT2D eigenvalue weighted by atomic mass is 10.2. The largest absolute Gasteiger partial charge is 0.502 e. The molecule has 0 spiro atoms. The Balaban J connectivity index is 2.14. The van der Waals surface area contributed by atoms with Crippen LogP contribution in [-0.2, 0) is 0 Å². The molecule has 0 atom stereocenters. The highest BCUT2D eigenvalue weighted by molar-refractivity contribution is 8.00. The van der Waals surface area contributed by atoms with Gasteiger partial charge in [-0.1, -0.05) is 6.42 Å². The normalized spacial score (nSPS) is 17.7. The second-order valence-electron chi connectivity index (χ2n) is 4.61. The molecule has 1 heterocycles. The minimum atomic E-state index is -0.541. The molecule has 110 valence electrons. The van der Waals surface area contributed by atoms with Gasteiger partial charge in [-0.3, -0.25) is 10.1 Å². The van der Waals surface area contributed by atoms with Gasteiger partial charge in [0.2, 0.25) is 0 Å². The van der Waals surface area contributed by atoms with Crippen LogP contribution in [0.25, 0.3) is 0 Å². The number of aromatic hydroxyl groups is 1. The molecule has 1 aliphatic heterocycles. The van der Waals surface area contributed by atoms with Crippen LogP contribution in [0.4, 0.5) is 11.4 Å². The first kappa shape index (κ1) is 15.3. The summed E-state index contributed by atoms with van der Waals surface area (Å²) in [6.07, 6.45) is 3.74. The molecule has 0 aromatic heterocycles. The number of hydrogen-bond donors (Lipinski definition) is 1. The van der Waals surface area contributed by atoms with Crippen LogP contribution in [0.3, 0.4) is 0 Å². The third-order valence-corrected chi connectivity index (χ3v) is 5.24. The van der Waals surface area contributed by atoms with Gasteiger partial charge in [-0.2, -0.15) is 0 Å². The first-order valence-electron chi connectivity index (χ1n) is 6.56. The molecule has 5 nitrogen and oxygen atoms in total. The number of phenols is 1. The maximum Gasteiger partial charge on any atom is 0.312 e. The number of nitro benzene ring substituents is 1. The molecule has 1 N–H and O–H groups in total. The smallest absolute Gasteiger partial charge is 0.312 e. The van der Waals surface area contributed by atoms with E-state index in [0.717, 1.165) is 28.9 Å². The SMILES string of the molecule is O=[N+]([O-])c1cc(N2CSCCCCCSC2)ccc1O. The van der Waals surface area contributed by atoms with Crippen LogP contribution in [-0.4, -0.2) is 33.3 Å². The Kier molecular flexibility index (Phi) is 5.85. The van der Waals surface area contributed by atoms with E-state index >= 15 is 0 Å². The number of nitrogens with zero attached hydrogens (tertiary/aromatic N) is 2. The Labute approximate surface area is 126 Å². The predicted octanol–water partition coefficient (Wildman–Crippen LogP) is 3.67. The van der Waals surface area contributed by atoms with Crippen LogP contribution < -0.4 is 4.90 Å². The third kappa shape index (κ3) is 4.21. The average Bonchev–Trinajstić information content (AvgIpc) is 2.45. The van der Waals surface area contributed by atoms with Gasteiger partial charge in [-0.05, 0) is 36.5 Å². The maximum absolute atomic E-state index is 10.9. The Hall–Kier alpha value is -1.08. The number of rotatable bonds is 2. The monoisotopic (exact) mass is 314 g/mol. The molecule has 0 unspecified atom stereocenters. The van der Waals surface area contributed by atoms with Crippen molar-refractivity contribution in [3.63, 3.8) is 0 Å². The van der Waals surface area contributed by atoms with Crippen molar-refractivity contribution in [1.29, 1.82) is 0 Å². The summed E-state index contributed by atoms with van der Waals surface area (Å²) in [6, 6.07) is 4.61. The molecule has 7 heteroatoms. The highest BCUT2D eigenvalue weighted by Gasteiger charge is 2.17. The second-order valence-corrected chi connectivity index (χ2v) is 6.75. The Morgan fingerprint density at radius 1 is 1.15 bits per heavy atom. The molecule has 1 aromatic rings. The van der Waals surface area contributed by atoms with Crippen LogP contribution in [0.5, 0.6) is 5.75 Å². The van der Waals surface area contributed by atoms with Crippen molar-refractivity contribution in [2.24, 2.45) is 0 Å². The highest BCUT2D eigenvalue weighted by atomic mass is 32.2. The lowest BCUT2D eigenvalue weighted by Gasteiger charge is -2.25. The van der Waals surface area contributed by atoms with Gasteiger partial charge in [0.25, 0.3) is 0 Å². The molecule has 1 aromatic carbocycles. The number of thioether (sulfide) groups is 2. The Morgan fingerprint density at radius 3 is 2.40 bits per heavy atom. The molecular formula is C13H18N2O3S2. The fourth-order valence-electron chi connectivity index (χ4n) is 1.98. The van der Waals surface area contributed by atoms with Crippen LogP contribution >= 0.6 is 23.5 Å². The first-order chi connectivity index (χ1) is 9.68. The molecule has 0 aliphatic carbocycles. The zero-order valence-corrected chi connectivity index (χ0v) is 12.8. The van der Waals surface area contributed by atoms with E-state index in [1.54, 1.807) is 6.07 Å². The van der Waals surface area contributed by atoms with Gasteiger partial charge in [0.05, 0.1) is 16.7 Å². The summed E-state index contributed by atoms with van der Waals surface area (Å²) in [5, 5.41) is 20.4. The molecule has 1 aliphatic rings. The number of nitro groups is 1. The third-order valence-electron chi connectivity index (χ3n) is 3.09. The highest BCUT2D eigenvalue weighted by Crippen LogP contribution is 2.32. The summed E-state index contributed by atoms with van der Waals surface area (Å²) in [5.41, 5.74) is 0.574. The van der Waals surface area contributed by atoms with Gasteiger partial charge < -0.3 is 10.0 Å². The predicted molar refractivity (Wildman–Crippen MR) is 85.7 cm³/mol. The maximum atomic E-state index is 10.9. The molecular weight excluding hydrogens is 296 g/mol. The minimum absolute atomic E-state index is 0.227. The van der Waals surface area contributed by atoms with Crippen molar-refractivity contribution in [2.75, 3.05) is 28.2 Å². The van der Waals surface area contributed by atoms with Gasteiger partial charge in [-0.25, -0.2) is 0 Å². The summed E-state index contributed by atoms with van der Waals surface area (Å²) >= 11 is 3.71. The molecule has 0 radical (unpaired) electrons. The van der Waals surface area contributed by atoms with E-state index in [-0.39, 0.29) is 11.4 Å². The summed E-state index contributed by atoms with van der Waals surface area (Å²) in [5.74, 6) is 3.63. The fourth-order valence-corrected chi connectivity index (χ4v) is 4.09. The van der Waals surface area contributed by atoms with E-state index in [0.29, 0.717) is 0 Å². The molecule has 20 heavy (non-hydrogen) atoms. The van der Waals surface area contributed by atoms with Crippen molar-refractivity contribution in [3.05, 3.63) is 28.3 Å². The van der Waals surface area contributed by atoms with E-state index in [1.807, 2.05) is 23.5 Å². The van der Waals surface area contributed by atoms with Gasteiger partial charge >= 0.3 is 5.69 Å². The van der Waals surface area contributed by atoms with E-state index in [1.165, 1.54) is 31.4 Å². The standard InChI is InChI=1S/C13H18N2O3S2/c16-13-5-4-11(8-12(13)15(17)18)14-9-19-6-2-1-3-7-20-10-14/h4-5,8,16H,1-3,6-7,9-10H2. The Morgan fingerprint density at radius 2 is 1.80 bits per heavy atom.